The Morgan fingerprint density at radius 2 is 1.78 bits per heavy atom. The number of hydrogen-bond donors (Lipinski definition) is 1. The van der Waals surface area contributed by atoms with Gasteiger partial charge in [-0.1, -0.05) is 42.5 Å². The maximum Gasteiger partial charge on any atom is 0.175 e. The van der Waals surface area contributed by atoms with Crippen molar-refractivity contribution in [1.82, 2.24) is 4.90 Å². The van der Waals surface area contributed by atoms with Crippen LogP contribution in [0.1, 0.15) is 30.4 Å². The van der Waals surface area contributed by atoms with Crippen LogP contribution in [0.15, 0.2) is 59.5 Å². The SMILES string of the molecule is CS(=O)(=O)c1ccc(CN2C[C@@H]3CCC[C@@](O)(c4ccccc4)[C@@H]3C2)cc1. The zero-order valence-corrected chi connectivity index (χ0v) is 16.5. The van der Waals surface area contributed by atoms with Gasteiger partial charge in [0.05, 0.1) is 10.5 Å². The summed E-state index contributed by atoms with van der Waals surface area (Å²) in [6.07, 6.45) is 4.29. The second-order valence-corrected chi connectivity index (χ2v) is 10.2. The van der Waals surface area contributed by atoms with Gasteiger partial charge in [0, 0.05) is 31.8 Å². The molecule has 0 aromatic heterocycles. The number of likely N-dealkylation sites (tertiary alicyclic amines) is 1. The number of nitrogens with zero attached hydrogens (tertiary/aromatic N) is 1. The summed E-state index contributed by atoms with van der Waals surface area (Å²) in [6, 6.07) is 17.3. The number of hydrogen-bond acceptors (Lipinski definition) is 4. The summed E-state index contributed by atoms with van der Waals surface area (Å²) in [7, 11) is -3.16. The molecule has 2 fully saturated rings. The van der Waals surface area contributed by atoms with Crippen LogP contribution in [0.25, 0.3) is 0 Å². The molecule has 0 spiro atoms. The predicted molar refractivity (Wildman–Crippen MR) is 106 cm³/mol. The fraction of sp³-hybridized carbons (Fsp3) is 0.455. The molecular weight excluding hydrogens is 358 g/mol. The van der Waals surface area contributed by atoms with Crippen LogP contribution in [-0.2, 0) is 22.0 Å². The Morgan fingerprint density at radius 3 is 2.44 bits per heavy atom. The largest absolute Gasteiger partial charge is 0.385 e. The van der Waals surface area contributed by atoms with Gasteiger partial charge in [0.2, 0.25) is 0 Å². The standard InChI is InChI=1S/C22H27NO3S/c1-27(25,26)20-11-9-17(10-12-20)14-23-15-18-6-5-13-22(24,21(18)16-23)19-7-3-2-4-8-19/h2-4,7-12,18,21,24H,5-6,13-16H2,1H3/t18-,21+,22+/m0/s1. The van der Waals surface area contributed by atoms with Crippen LogP contribution >= 0.6 is 0 Å². The molecule has 1 aliphatic carbocycles. The molecule has 5 heteroatoms. The third-order valence-corrected chi connectivity index (χ3v) is 7.42. The molecule has 1 heterocycles. The average Bonchev–Trinajstić information content (AvgIpc) is 3.06. The van der Waals surface area contributed by atoms with Gasteiger partial charge >= 0.3 is 0 Å². The molecule has 2 aromatic rings. The van der Waals surface area contributed by atoms with Crippen molar-refractivity contribution in [3.05, 3.63) is 65.7 Å². The van der Waals surface area contributed by atoms with E-state index in [0.29, 0.717) is 10.8 Å². The van der Waals surface area contributed by atoms with E-state index in [1.807, 2.05) is 30.3 Å². The highest BCUT2D eigenvalue weighted by molar-refractivity contribution is 7.90. The molecule has 1 saturated carbocycles. The average molecular weight is 386 g/mol. The van der Waals surface area contributed by atoms with Crippen LogP contribution in [0, 0.1) is 11.8 Å². The van der Waals surface area contributed by atoms with Gasteiger partial charge in [-0.2, -0.15) is 0 Å². The second-order valence-electron chi connectivity index (χ2n) is 8.16. The van der Waals surface area contributed by atoms with E-state index >= 15 is 0 Å². The summed E-state index contributed by atoms with van der Waals surface area (Å²) >= 11 is 0. The Labute approximate surface area is 161 Å². The molecule has 0 unspecified atom stereocenters. The minimum atomic E-state index is -3.16. The third-order valence-electron chi connectivity index (χ3n) is 6.29. The van der Waals surface area contributed by atoms with Crippen molar-refractivity contribution in [2.24, 2.45) is 11.8 Å². The molecular formula is C22H27NO3S. The van der Waals surface area contributed by atoms with E-state index in [0.717, 1.165) is 43.6 Å². The fourth-order valence-corrected chi connectivity index (χ4v) is 5.56. The number of fused-ring (bicyclic) bond motifs is 1. The Bertz CT molecular complexity index is 895. The summed E-state index contributed by atoms with van der Waals surface area (Å²) in [6.45, 7) is 2.67. The van der Waals surface area contributed by atoms with Crippen LogP contribution < -0.4 is 0 Å². The molecule has 1 N–H and O–H groups in total. The quantitative estimate of drug-likeness (QED) is 0.878. The van der Waals surface area contributed by atoms with E-state index in [4.69, 9.17) is 0 Å². The van der Waals surface area contributed by atoms with Gasteiger partial charge in [-0.05, 0) is 48.4 Å². The Kier molecular flexibility index (Phi) is 4.87. The number of aliphatic hydroxyl groups is 1. The molecule has 0 bridgehead atoms. The Morgan fingerprint density at radius 1 is 1.07 bits per heavy atom. The summed E-state index contributed by atoms with van der Waals surface area (Å²) in [5, 5.41) is 11.5. The van der Waals surface area contributed by atoms with Gasteiger partial charge in [0.15, 0.2) is 9.84 Å². The molecule has 144 valence electrons. The van der Waals surface area contributed by atoms with E-state index in [1.165, 1.54) is 12.7 Å². The molecule has 0 radical (unpaired) electrons. The van der Waals surface area contributed by atoms with Crippen LogP contribution in [0.3, 0.4) is 0 Å². The monoisotopic (exact) mass is 385 g/mol. The molecule has 2 aliphatic rings. The lowest BCUT2D eigenvalue weighted by molar-refractivity contribution is -0.0648. The Hall–Kier alpha value is -1.69. The number of benzene rings is 2. The van der Waals surface area contributed by atoms with Crippen molar-refractivity contribution < 1.29 is 13.5 Å². The zero-order chi connectivity index (χ0) is 19.1. The lowest BCUT2D eigenvalue weighted by Crippen LogP contribution is -2.42. The van der Waals surface area contributed by atoms with E-state index in [2.05, 4.69) is 17.0 Å². The van der Waals surface area contributed by atoms with Crippen LogP contribution in [0.2, 0.25) is 0 Å². The van der Waals surface area contributed by atoms with Crippen molar-refractivity contribution in [3.8, 4) is 0 Å². The summed E-state index contributed by atoms with van der Waals surface area (Å²) in [5.74, 6) is 0.767. The second kappa shape index (κ2) is 7.04. The smallest absolute Gasteiger partial charge is 0.175 e. The first-order valence-electron chi connectivity index (χ1n) is 9.65. The van der Waals surface area contributed by atoms with Gasteiger partial charge in [-0.15, -0.1) is 0 Å². The number of rotatable bonds is 4. The summed E-state index contributed by atoms with van der Waals surface area (Å²) in [5.41, 5.74) is 1.42. The van der Waals surface area contributed by atoms with Crippen LogP contribution in [0.5, 0.6) is 0 Å². The predicted octanol–water partition coefficient (Wildman–Crippen LogP) is 3.21. The third kappa shape index (κ3) is 3.68. The topological polar surface area (TPSA) is 57.6 Å². The van der Waals surface area contributed by atoms with Crippen molar-refractivity contribution in [2.75, 3.05) is 19.3 Å². The maximum absolute atomic E-state index is 11.6. The molecule has 4 nitrogen and oxygen atoms in total. The van der Waals surface area contributed by atoms with E-state index < -0.39 is 15.4 Å². The van der Waals surface area contributed by atoms with Crippen molar-refractivity contribution in [2.45, 2.75) is 36.3 Å². The Balaban J connectivity index is 1.50. The lowest BCUT2D eigenvalue weighted by Gasteiger charge is -2.41. The normalized spacial score (nSPS) is 28.8. The van der Waals surface area contributed by atoms with Crippen molar-refractivity contribution >= 4 is 9.84 Å². The maximum atomic E-state index is 11.6. The first-order valence-corrected chi connectivity index (χ1v) is 11.5. The lowest BCUT2D eigenvalue weighted by atomic mass is 9.67. The van der Waals surface area contributed by atoms with Gasteiger partial charge in [-0.25, -0.2) is 8.42 Å². The molecule has 3 atom stereocenters. The van der Waals surface area contributed by atoms with Gasteiger partial charge in [0.1, 0.15) is 0 Å². The molecule has 27 heavy (non-hydrogen) atoms. The van der Waals surface area contributed by atoms with E-state index in [-0.39, 0.29) is 5.92 Å². The number of sulfone groups is 1. The van der Waals surface area contributed by atoms with Crippen LogP contribution in [0.4, 0.5) is 0 Å². The van der Waals surface area contributed by atoms with Gasteiger partial charge < -0.3 is 5.11 Å². The van der Waals surface area contributed by atoms with E-state index in [1.54, 1.807) is 12.1 Å². The van der Waals surface area contributed by atoms with E-state index in [9.17, 15) is 13.5 Å². The molecule has 0 amide bonds. The zero-order valence-electron chi connectivity index (χ0n) is 15.7. The van der Waals surface area contributed by atoms with Crippen molar-refractivity contribution in [3.63, 3.8) is 0 Å². The molecule has 4 rings (SSSR count). The molecule has 2 aromatic carbocycles. The summed E-state index contributed by atoms with van der Waals surface area (Å²) < 4.78 is 23.3. The minimum Gasteiger partial charge on any atom is -0.385 e. The highest BCUT2D eigenvalue weighted by Crippen LogP contribution is 2.48. The highest BCUT2D eigenvalue weighted by Gasteiger charge is 2.49. The molecule has 1 aliphatic heterocycles. The minimum absolute atomic E-state index is 0.254. The first-order chi connectivity index (χ1) is 12.9. The first kappa shape index (κ1) is 18.7. The summed E-state index contributed by atoms with van der Waals surface area (Å²) in [4.78, 5) is 2.77. The highest BCUT2D eigenvalue weighted by atomic mass is 32.2. The van der Waals surface area contributed by atoms with Crippen LogP contribution in [-0.4, -0.2) is 37.8 Å². The molecule has 1 saturated heterocycles. The van der Waals surface area contributed by atoms with Gasteiger partial charge in [-0.3, -0.25) is 4.90 Å². The van der Waals surface area contributed by atoms with Gasteiger partial charge in [0.25, 0.3) is 0 Å². The fourth-order valence-electron chi connectivity index (χ4n) is 4.93. The van der Waals surface area contributed by atoms with Crippen molar-refractivity contribution in [1.29, 1.82) is 0 Å².